The van der Waals surface area contributed by atoms with E-state index < -0.39 is 0 Å². The van der Waals surface area contributed by atoms with Crippen molar-refractivity contribution in [3.63, 3.8) is 0 Å². The first-order chi connectivity index (χ1) is 10.2. The minimum atomic E-state index is 0.442. The summed E-state index contributed by atoms with van der Waals surface area (Å²) in [6.07, 6.45) is 1.47. The number of para-hydroxylation sites is 1. The first-order valence-corrected chi connectivity index (χ1v) is 7.09. The van der Waals surface area contributed by atoms with Gasteiger partial charge in [0.05, 0.1) is 15.7 Å². The normalized spacial score (nSPS) is 10.6. The SMILES string of the molecule is Cc1ccccc1Nc1ncnn1-c1cccc(Cl)c1Cl. The highest BCUT2D eigenvalue weighted by Gasteiger charge is 2.12. The number of anilines is 2. The van der Waals surface area contributed by atoms with E-state index in [4.69, 9.17) is 23.2 Å². The summed E-state index contributed by atoms with van der Waals surface area (Å²) in [7, 11) is 0. The zero-order chi connectivity index (χ0) is 14.8. The molecule has 106 valence electrons. The molecule has 21 heavy (non-hydrogen) atoms. The summed E-state index contributed by atoms with van der Waals surface area (Å²) in [6, 6.07) is 13.3. The molecule has 0 fully saturated rings. The molecule has 3 rings (SSSR count). The molecule has 0 saturated heterocycles. The second-order valence-corrected chi connectivity index (χ2v) is 5.29. The van der Waals surface area contributed by atoms with Gasteiger partial charge in [-0.2, -0.15) is 14.8 Å². The summed E-state index contributed by atoms with van der Waals surface area (Å²) in [5.41, 5.74) is 2.76. The third kappa shape index (κ3) is 2.73. The van der Waals surface area contributed by atoms with Gasteiger partial charge in [-0.1, -0.05) is 47.5 Å². The van der Waals surface area contributed by atoms with Crippen molar-refractivity contribution in [2.45, 2.75) is 6.92 Å². The molecular weight excluding hydrogens is 307 g/mol. The maximum Gasteiger partial charge on any atom is 0.230 e. The van der Waals surface area contributed by atoms with E-state index in [0.29, 0.717) is 21.7 Å². The summed E-state index contributed by atoms with van der Waals surface area (Å²) in [4.78, 5) is 4.24. The number of aryl methyl sites for hydroxylation is 1. The molecule has 6 heteroatoms. The van der Waals surface area contributed by atoms with Crippen molar-refractivity contribution in [3.8, 4) is 5.69 Å². The lowest BCUT2D eigenvalue weighted by molar-refractivity contribution is 0.887. The van der Waals surface area contributed by atoms with Gasteiger partial charge in [0.2, 0.25) is 5.95 Å². The zero-order valence-electron chi connectivity index (χ0n) is 11.2. The molecule has 1 heterocycles. The Morgan fingerprint density at radius 3 is 2.67 bits per heavy atom. The highest BCUT2D eigenvalue weighted by atomic mass is 35.5. The van der Waals surface area contributed by atoms with E-state index in [1.807, 2.05) is 43.3 Å². The third-order valence-electron chi connectivity index (χ3n) is 3.10. The molecule has 3 aromatic rings. The standard InChI is InChI=1S/C15H12Cl2N4/c1-10-5-2-3-7-12(10)20-15-18-9-19-21(15)13-8-4-6-11(16)14(13)17/h2-9H,1H3,(H,18,19,20). The molecule has 0 bridgehead atoms. The summed E-state index contributed by atoms with van der Waals surface area (Å²) >= 11 is 12.3. The molecule has 1 aromatic heterocycles. The molecule has 0 radical (unpaired) electrons. The average molecular weight is 319 g/mol. The lowest BCUT2D eigenvalue weighted by atomic mass is 10.2. The van der Waals surface area contributed by atoms with E-state index in [2.05, 4.69) is 15.4 Å². The predicted molar refractivity (Wildman–Crippen MR) is 85.8 cm³/mol. The summed E-state index contributed by atoms with van der Waals surface area (Å²) in [5.74, 6) is 0.577. The summed E-state index contributed by atoms with van der Waals surface area (Å²) in [6.45, 7) is 2.02. The molecule has 0 saturated carbocycles. The van der Waals surface area contributed by atoms with Crippen molar-refractivity contribution >= 4 is 34.8 Å². The van der Waals surface area contributed by atoms with E-state index in [1.165, 1.54) is 6.33 Å². The monoisotopic (exact) mass is 318 g/mol. The molecule has 0 spiro atoms. The quantitative estimate of drug-likeness (QED) is 0.765. The van der Waals surface area contributed by atoms with Crippen molar-refractivity contribution in [1.82, 2.24) is 14.8 Å². The van der Waals surface area contributed by atoms with E-state index >= 15 is 0 Å². The van der Waals surface area contributed by atoms with E-state index in [-0.39, 0.29) is 0 Å². The lowest BCUT2D eigenvalue weighted by Gasteiger charge is -2.11. The number of nitrogens with zero attached hydrogens (tertiary/aromatic N) is 3. The van der Waals surface area contributed by atoms with Gasteiger partial charge in [0.1, 0.15) is 6.33 Å². The van der Waals surface area contributed by atoms with Crippen LogP contribution in [0.2, 0.25) is 10.0 Å². The van der Waals surface area contributed by atoms with Crippen LogP contribution in [-0.2, 0) is 0 Å². The van der Waals surface area contributed by atoms with Crippen LogP contribution in [0.3, 0.4) is 0 Å². The van der Waals surface area contributed by atoms with Crippen LogP contribution >= 0.6 is 23.2 Å². The van der Waals surface area contributed by atoms with Gasteiger partial charge in [-0.25, -0.2) is 0 Å². The van der Waals surface area contributed by atoms with E-state index in [1.54, 1.807) is 10.7 Å². The van der Waals surface area contributed by atoms with Crippen LogP contribution in [0.1, 0.15) is 5.56 Å². The Kier molecular flexibility index (Phi) is 3.82. The highest BCUT2D eigenvalue weighted by molar-refractivity contribution is 6.43. The summed E-state index contributed by atoms with van der Waals surface area (Å²) < 4.78 is 1.63. The number of benzene rings is 2. The van der Waals surface area contributed by atoms with Gasteiger partial charge in [0.25, 0.3) is 0 Å². The zero-order valence-corrected chi connectivity index (χ0v) is 12.7. The molecule has 0 amide bonds. The maximum absolute atomic E-state index is 6.24. The van der Waals surface area contributed by atoms with Crippen LogP contribution in [0.25, 0.3) is 5.69 Å². The van der Waals surface area contributed by atoms with Crippen LogP contribution in [0.4, 0.5) is 11.6 Å². The van der Waals surface area contributed by atoms with Crippen LogP contribution in [-0.4, -0.2) is 14.8 Å². The number of hydrogen-bond donors (Lipinski definition) is 1. The van der Waals surface area contributed by atoms with Crippen molar-refractivity contribution < 1.29 is 0 Å². The number of aromatic nitrogens is 3. The molecule has 0 aliphatic rings. The second-order valence-electron chi connectivity index (χ2n) is 4.51. The van der Waals surface area contributed by atoms with E-state index in [9.17, 15) is 0 Å². The van der Waals surface area contributed by atoms with Gasteiger partial charge in [-0.15, -0.1) is 0 Å². The van der Waals surface area contributed by atoms with Gasteiger partial charge in [-0.05, 0) is 30.7 Å². The Labute approximate surface area is 132 Å². The average Bonchev–Trinajstić information content (AvgIpc) is 2.92. The largest absolute Gasteiger partial charge is 0.324 e. The van der Waals surface area contributed by atoms with Gasteiger partial charge in [0, 0.05) is 5.69 Å². The minimum absolute atomic E-state index is 0.442. The molecule has 0 aliphatic carbocycles. The predicted octanol–water partition coefficient (Wildman–Crippen LogP) is 4.63. The van der Waals surface area contributed by atoms with E-state index in [0.717, 1.165) is 11.3 Å². The fraction of sp³-hybridized carbons (Fsp3) is 0.0667. The Morgan fingerprint density at radius 2 is 1.86 bits per heavy atom. The van der Waals surface area contributed by atoms with Gasteiger partial charge in [0.15, 0.2) is 0 Å². The van der Waals surface area contributed by atoms with Crippen LogP contribution in [0.5, 0.6) is 0 Å². The maximum atomic E-state index is 6.24. The second kappa shape index (κ2) is 5.76. The number of halogens is 2. The summed E-state index contributed by atoms with van der Waals surface area (Å²) in [5, 5.41) is 8.39. The number of rotatable bonds is 3. The molecule has 2 aromatic carbocycles. The third-order valence-corrected chi connectivity index (χ3v) is 3.91. The number of hydrogen-bond acceptors (Lipinski definition) is 3. The smallest absolute Gasteiger partial charge is 0.230 e. The Bertz CT molecular complexity index is 783. The van der Waals surface area contributed by atoms with Gasteiger partial charge >= 0.3 is 0 Å². The van der Waals surface area contributed by atoms with Crippen molar-refractivity contribution in [3.05, 3.63) is 64.4 Å². The van der Waals surface area contributed by atoms with Crippen LogP contribution < -0.4 is 5.32 Å². The Morgan fingerprint density at radius 1 is 1.05 bits per heavy atom. The number of nitrogens with one attached hydrogen (secondary N) is 1. The molecule has 0 unspecified atom stereocenters. The van der Waals surface area contributed by atoms with Crippen molar-refractivity contribution in [2.24, 2.45) is 0 Å². The molecule has 0 aliphatic heterocycles. The first-order valence-electron chi connectivity index (χ1n) is 6.34. The Hall–Kier alpha value is -2.04. The molecular formula is C15H12Cl2N4. The topological polar surface area (TPSA) is 42.7 Å². The molecule has 0 atom stereocenters. The fourth-order valence-electron chi connectivity index (χ4n) is 1.99. The molecule has 4 nitrogen and oxygen atoms in total. The highest BCUT2D eigenvalue weighted by Crippen LogP contribution is 2.30. The van der Waals surface area contributed by atoms with Crippen molar-refractivity contribution in [1.29, 1.82) is 0 Å². The molecule has 1 N–H and O–H groups in total. The fourth-order valence-corrected chi connectivity index (χ4v) is 2.37. The lowest BCUT2D eigenvalue weighted by Crippen LogP contribution is -2.04. The van der Waals surface area contributed by atoms with Crippen LogP contribution in [0.15, 0.2) is 48.8 Å². The van der Waals surface area contributed by atoms with Crippen molar-refractivity contribution in [2.75, 3.05) is 5.32 Å². The van der Waals surface area contributed by atoms with Gasteiger partial charge < -0.3 is 5.32 Å². The Balaban J connectivity index is 2.02. The van der Waals surface area contributed by atoms with Gasteiger partial charge in [-0.3, -0.25) is 0 Å². The van der Waals surface area contributed by atoms with Crippen LogP contribution in [0, 0.1) is 6.92 Å². The minimum Gasteiger partial charge on any atom is -0.324 e. The first kappa shape index (κ1) is 13.9.